The van der Waals surface area contributed by atoms with Gasteiger partial charge in [-0.3, -0.25) is 4.79 Å². The van der Waals surface area contributed by atoms with Gasteiger partial charge in [0.05, 0.1) is 11.6 Å². The molecule has 1 unspecified atom stereocenters. The lowest BCUT2D eigenvalue weighted by molar-refractivity contribution is -0.130. The van der Waals surface area contributed by atoms with Crippen molar-refractivity contribution in [2.24, 2.45) is 5.73 Å². The van der Waals surface area contributed by atoms with Crippen LogP contribution in [0.5, 0.6) is 0 Å². The van der Waals surface area contributed by atoms with Gasteiger partial charge < -0.3 is 15.8 Å². The van der Waals surface area contributed by atoms with Crippen molar-refractivity contribution in [2.45, 2.75) is 43.2 Å². The molecule has 1 aromatic rings. The first kappa shape index (κ1) is 19.3. The molecule has 1 aliphatic rings. The minimum absolute atomic E-state index is 0. The van der Waals surface area contributed by atoms with Crippen LogP contribution in [-0.4, -0.2) is 30.4 Å². The van der Waals surface area contributed by atoms with Crippen LogP contribution < -0.4 is 11.1 Å². The van der Waals surface area contributed by atoms with Gasteiger partial charge in [0.2, 0.25) is 5.91 Å². The van der Waals surface area contributed by atoms with Crippen LogP contribution in [0, 0.1) is 0 Å². The van der Waals surface area contributed by atoms with Gasteiger partial charge in [-0.2, -0.15) is 0 Å². The number of nitrogens with two attached hydrogens (primary N) is 1. The van der Waals surface area contributed by atoms with Gasteiger partial charge in [0, 0.05) is 18.1 Å². The smallest absolute Gasteiger partial charge is 0.240 e. The van der Waals surface area contributed by atoms with Crippen LogP contribution in [0.2, 0.25) is 0 Å². The van der Waals surface area contributed by atoms with Gasteiger partial charge in [-0.15, -0.1) is 24.2 Å². The lowest BCUT2D eigenvalue weighted by atomic mass is 9.90. The fraction of sp³-hybridized carbons (Fsp3) is 0.562. The van der Waals surface area contributed by atoms with E-state index >= 15 is 0 Å². The molecule has 1 atom stereocenters. The first-order valence-corrected chi connectivity index (χ1v) is 8.44. The van der Waals surface area contributed by atoms with Crippen LogP contribution in [0.4, 0.5) is 0 Å². The van der Waals surface area contributed by atoms with Gasteiger partial charge in [-0.05, 0) is 43.2 Å². The SMILES string of the molecule is CCSc1ccc(C(C)NC(=O)C2(N)CCOCC2)cc1.Cl. The first-order chi connectivity index (χ1) is 10.0. The van der Waals surface area contributed by atoms with E-state index in [0.29, 0.717) is 26.1 Å². The topological polar surface area (TPSA) is 64.4 Å². The molecule has 6 heteroatoms. The lowest BCUT2D eigenvalue weighted by Crippen LogP contribution is -2.57. The third-order valence-corrected chi connectivity index (χ3v) is 4.77. The van der Waals surface area contributed by atoms with E-state index < -0.39 is 5.54 Å². The molecule has 1 heterocycles. The van der Waals surface area contributed by atoms with E-state index in [4.69, 9.17) is 10.5 Å². The molecule has 124 valence electrons. The summed E-state index contributed by atoms with van der Waals surface area (Å²) in [5.74, 6) is 0.981. The highest BCUT2D eigenvalue weighted by Gasteiger charge is 2.36. The molecule has 0 aliphatic carbocycles. The first-order valence-electron chi connectivity index (χ1n) is 7.45. The predicted octanol–water partition coefficient (Wildman–Crippen LogP) is 2.91. The summed E-state index contributed by atoms with van der Waals surface area (Å²) in [6, 6.07) is 8.28. The summed E-state index contributed by atoms with van der Waals surface area (Å²) in [6.07, 6.45) is 1.16. The highest BCUT2D eigenvalue weighted by atomic mass is 35.5. The molecule has 1 saturated heterocycles. The van der Waals surface area contributed by atoms with Crippen molar-refractivity contribution in [3.05, 3.63) is 29.8 Å². The van der Waals surface area contributed by atoms with Gasteiger partial charge in [0.15, 0.2) is 0 Å². The second-order valence-corrected chi connectivity index (χ2v) is 6.80. The second-order valence-electron chi connectivity index (χ2n) is 5.47. The number of carbonyl (C=O) groups excluding carboxylic acids is 1. The number of carbonyl (C=O) groups is 1. The number of hydrogen-bond acceptors (Lipinski definition) is 4. The van der Waals surface area contributed by atoms with Crippen molar-refractivity contribution in [3.63, 3.8) is 0 Å². The van der Waals surface area contributed by atoms with Crippen LogP contribution in [0.1, 0.15) is 38.3 Å². The third kappa shape index (κ3) is 4.88. The molecule has 22 heavy (non-hydrogen) atoms. The Kier molecular flexibility index (Phi) is 7.69. The van der Waals surface area contributed by atoms with E-state index in [1.165, 1.54) is 4.90 Å². The van der Waals surface area contributed by atoms with E-state index in [9.17, 15) is 4.79 Å². The number of ether oxygens (including phenoxy) is 1. The number of amides is 1. The van der Waals surface area contributed by atoms with Crippen molar-refractivity contribution in [1.29, 1.82) is 0 Å². The molecular formula is C16H25ClN2O2S. The van der Waals surface area contributed by atoms with Gasteiger partial charge in [0.25, 0.3) is 0 Å². The standard InChI is InChI=1S/C16H24N2O2S.ClH/c1-3-21-14-6-4-13(5-7-14)12(2)18-15(19)16(17)8-10-20-11-9-16;/h4-7,12H,3,8-11,17H2,1-2H3,(H,18,19);1H. The Morgan fingerprint density at radius 3 is 2.50 bits per heavy atom. The molecule has 1 aliphatic heterocycles. The van der Waals surface area contributed by atoms with Gasteiger partial charge in [-0.1, -0.05) is 19.1 Å². The zero-order chi connectivity index (χ0) is 15.3. The fourth-order valence-electron chi connectivity index (χ4n) is 2.41. The maximum Gasteiger partial charge on any atom is 0.240 e. The van der Waals surface area contributed by atoms with E-state index in [-0.39, 0.29) is 24.4 Å². The number of thioether (sulfide) groups is 1. The highest BCUT2D eigenvalue weighted by Crippen LogP contribution is 2.23. The Bertz CT molecular complexity index is 476. The van der Waals surface area contributed by atoms with Crippen LogP contribution in [0.25, 0.3) is 0 Å². The summed E-state index contributed by atoms with van der Waals surface area (Å²) in [6.45, 7) is 5.24. The fourth-order valence-corrected chi connectivity index (χ4v) is 3.07. The molecule has 0 radical (unpaired) electrons. The van der Waals surface area contributed by atoms with E-state index in [2.05, 4.69) is 36.5 Å². The van der Waals surface area contributed by atoms with Gasteiger partial charge in [-0.25, -0.2) is 0 Å². The zero-order valence-corrected chi connectivity index (χ0v) is 14.8. The molecule has 1 fully saturated rings. The summed E-state index contributed by atoms with van der Waals surface area (Å²) in [4.78, 5) is 13.6. The van der Waals surface area contributed by atoms with Crippen molar-refractivity contribution in [2.75, 3.05) is 19.0 Å². The number of rotatable bonds is 5. The predicted molar refractivity (Wildman–Crippen MR) is 93.6 cm³/mol. The Morgan fingerprint density at radius 2 is 1.95 bits per heavy atom. The Balaban J connectivity index is 0.00000242. The van der Waals surface area contributed by atoms with E-state index in [0.717, 1.165) is 11.3 Å². The van der Waals surface area contributed by atoms with E-state index in [1.807, 2.05) is 18.7 Å². The van der Waals surface area contributed by atoms with Crippen molar-refractivity contribution in [1.82, 2.24) is 5.32 Å². The summed E-state index contributed by atoms with van der Waals surface area (Å²) < 4.78 is 5.28. The average Bonchev–Trinajstić information content (AvgIpc) is 2.49. The molecule has 3 N–H and O–H groups in total. The number of halogens is 1. The minimum atomic E-state index is -0.787. The van der Waals surface area contributed by atoms with Crippen LogP contribution in [0.3, 0.4) is 0 Å². The second kappa shape index (κ2) is 8.77. The number of nitrogens with one attached hydrogen (secondary N) is 1. The summed E-state index contributed by atoms with van der Waals surface area (Å²) in [7, 11) is 0. The van der Waals surface area contributed by atoms with Crippen molar-refractivity contribution in [3.8, 4) is 0 Å². The average molecular weight is 345 g/mol. The van der Waals surface area contributed by atoms with Crippen LogP contribution >= 0.6 is 24.2 Å². The molecule has 0 bridgehead atoms. The quantitative estimate of drug-likeness (QED) is 0.806. The van der Waals surface area contributed by atoms with Crippen molar-refractivity contribution < 1.29 is 9.53 Å². The molecule has 4 nitrogen and oxygen atoms in total. The Labute approximate surface area is 143 Å². The number of hydrogen-bond donors (Lipinski definition) is 2. The van der Waals surface area contributed by atoms with Crippen LogP contribution in [-0.2, 0) is 9.53 Å². The summed E-state index contributed by atoms with van der Waals surface area (Å²) in [5.41, 5.74) is 6.51. The molecule has 2 rings (SSSR count). The van der Waals surface area contributed by atoms with Crippen molar-refractivity contribution >= 4 is 30.1 Å². The van der Waals surface area contributed by atoms with Gasteiger partial charge >= 0.3 is 0 Å². The third-order valence-electron chi connectivity index (χ3n) is 3.88. The van der Waals surface area contributed by atoms with Gasteiger partial charge in [0.1, 0.15) is 0 Å². The molecule has 0 aromatic heterocycles. The number of benzene rings is 1. The Morgan fingerprint density at radius 1 is 1.36 bits per heavy atom. The lowest BCUT2D eigenvalue weighted by Gasteiger charge is -2.33. The molecule has 0 spiro atoms. The normalized spacial score (nSPS) is 18.1. The van der Waals surface area contributed by atoms with E-state index in [1.54, 1.807) is 0 Å². The maximum absolute atomic E-state index is 12.4. The molecule has 1 amide bonds. The largest absolute Gasteiger partial charge is 0.381 e. The molecule has 0 saturated carbocycles. The highest BCUT2D eigenvalue weighted by molar-refractivity contribution is 7.99. The molecular weight excluding hydrogens is 320 g/mol. The summed E-state index contributed by atoms with van der Waals surface area (Å²) in [5, 5.41) is 3.03. The minimum Gasteiger partial charge on any atom is -0.381 e. The Hall–Kier alpha value is -0.750. The van der Waals surface area contributed by atoms with Crippen LogP contribution in [0.15, 0.2) is 29.2 Å². The molecule has 1 aromatic carbocycles. The summed E-state index contributed by atoms with van der Waals surface area (Å²) >= 11 is 1.81. The monoisotopic (exact) mass is 344 g/mol. The maximum atomic E-state index is 12.4. The zero-order valence-electron chi connectivity index (χ0n) is 13.1.